The average Bonchev–Trinajstić information content (AvgIpc) is 3.38. The predicted molar refractivity (Wildman–Crippen MR) is 129 cm³/mol. The number of halogens is 4. The highest BCUT2D eigenvalue weighted by Gasteiger charge is 2.51. The molecule has 9 nitrogen and oxygen atoms in total. The van der Waals surface area contributed by atoms with Gasteiger partial charge in [0.2, 0.25) is 0 Å². The van der Waals surface area contributed by atoms with E-state index in [9.17, 15) is 28.5 Å². The molecule has 206 valence electrons. The summed E-state index contributed by atoms with van der Waals surface area (Å²) in [6.07, 6.45) is -5.18. The minimum absolute atomic E-state index is 0.000456. The van der Waals surface area contributed by atoms with Crippen molar-refractivity contribution in [3.05, 3.63) is 70.6 Å². The lowest BCUT2D eigenvalue weighted by Crippen LogP contribution is -2.61. The molecule has 1 aromatic heterocycles. The van der Waals surface area contributed by atoms with Gasteiger partial charge in [-0.3, -0.25) is 0 Å². The molecule has 1 fully saturated rings. The van der Waals surface area contributed by atoms with E-state index < -0.39 is 66.7 Å². The molecule has 13 heteroatoms. The third kappa shape index (κ3) is 5.86. The first-order valence-electron chi connectivity index (χ1n) is 11.7. The maximum absolute atomic E-state index is 13.8. The minimum atomic E-state index is -1.61. The zero-order valence-corrected chi connectivity index (χ0v) is 21.2. The number of hydrogen-bond acceptors (Lipinski definition) is 8. The number of aromatic nitrogens is 3. The summed E-state index contributed by atoms with van der Waals surface area (Å²) in [4.78, 5) is 0. The lowest BCUT2D eigenvalue weighted by molar-refractivity contribution is -0.253. The summed E-state index contributed by atoms with van der Waals surface area (Å²) in [5.41, 5.74) is 0.700. The van der Waals surface area contributed by atoms with Gasteiger partial charge in [0.1, 0.15) is 42.3 Å². The molecule has 2 aromatic carbocycles. The van der Waals surface area contributed by atoms with Crippen molar-refractivity contribution < 1.29 is 42.7 Å². The van der Waals surface area contributed by atoms with Gasteiger partial charge in [-0.15, -0.1) is 5.10 Å². The van der Waals surface area contributed by atoms with Gasteiger partial charge in [0, 0.05) is 17.7 Å². The Balaban J connectivity index is 1.64. The van der Waals surface area contributed by atoms with Crippen LogP contribution in [0, 0.1) is 17.5 Å². The zero-order chi connectivity index (χ0) is 27.6. The van der Waals surface area contributed by atoms with Crippen LogP contribution in [-0.2, 0) is 20.8 Å². The van der Waals surface area contributed by atoms with E-state index in [2.05, 4.69) is 10.3 Å². The molecule has 0 amide bonds. The predicted octanol–water partition coefficient (Wildman–Crippen LogP) is 2.66. The van der Waals surface area contributed by atoms with Crippen molar-refractivity contribution in [3.63, 3.8) is 0 Å². The van der Waals surface area contributed by atoms with Crippen LogP contribution in [0.4, 0.5) is 13.2 Å². The van der Waals surface area contributed by atoms with Gasteiger partial charge in [0.15, 0.2) is 17.5 Å². The molecular formula is C25H27ClF3N3O6. The number of hydrogen-bond donors (Lipinski definition) is 3. The highest BCUT2D eigenvalue weighted by Crippen LogP contribution is 2.35. The molecule has 3 N–H and O–H groups in total. The Morgan fingerprint density at radius 3 is 2.39 bits per heavy atom. The molecule has 1 saturated heterocycles. The molecule has 0 spiro atoms. The van der Waals surface area contributed by atoms with Gasteiger partial charge in [0.25, 0.3) is 0 Å². The zero-order valence-electron chi connectivity index (χ0n) is 20.4. The van der Waals surface area contributed by atoms with Gasteiger partial charge < -0.3 is 29.5 Å². The van der Waals surface area contributed by atoms with Crippen LogP contribution in [0.15, 0.2) is 42.6 Å². The number of aliphatic hydroxyl groups excluding tert-OH is 3. The Morgan fingerprint density at radius 2 is 1.82 bits per heavy atom. The van der Waals surface area contributed by atoms with Crippen LogP contribution >= 0.6 is 11.6 Å². The molecule has 38 heavy (non-hydrogen) atoms. The SMILES string of the molecule is COC1[C@H]([C@H](OCc2ccc(Cl)cc2)[C@@H](C)O)OC(CO)[C@H](O)[C@@H]1n1cc(-c2cc(F)c(F)c(F)c2)nn1. The summed E-state index contributed by atoms with van der Waals surface area (Å²) in [5.74, 6) is -4.40. The molecule has 0 saturated carbocycles. The maximum atomic E-state index is 13.8. The number of rotatable bonds is 9. The lowest BCUT2D eigenvalue weighted by Gasteiger charge is -2.46. The summed E-state index contributed by atoms with van der Waals surface area (Å²) in [6, 6.07) is 7.44. The van der Waals surface area contributed by atoms with Crippen molar-refractivity contribution in [1.82, 2.24) is 15.0 Å². The van der Waals surface area contributed by atoms with Gasteiger partial charge in [-0.05, 0) is 36.8 Å². The highest BCUT2D eigenvalue weighted by atomic mass is 35.5. The molecule has 3 aromatic rings. The second-order valence-electron chi connectivity index (χ2n) is 8.98. The summed E-state index contributed by atoms with van der Waals surface area (Å²) in [7, 11) is 1.36. The monoisotopic (exact) mass is 557 g/mol. The van der Waals surface area contributed by atoms with Crippen molar-refractivity contribution in [2.75, 3.05) is 13.7 Å². The first kappa shape index (κ1) is 28.4. The Hall–Kier alpha value is -2.58. The second-order valence-corrected chi connectivity index (χ2v) is 9.42. The van der Waals surface area contributed by atoms with Crippen molar-refractivity contribution >= 4 is 11.6 Å². The number of benzene rings is 2. The lowest BCUT2D eigenvalue weighted by atomic mass is 9.88. The number of aliphatic hydroxyl groups is 3. The highest BCUT2D eigenvalue weighted by molar-refractivity contribution is 6.30. The van der Waals surface area contributed by atoms with E-state index in [0.717, 1.165) is 17.7 Å². The topological polar surface area (TPSA) is 119 Å². The standard InChI is InChI=1S/C25H27ClF3N3O6/c1-12(34)23(37-11-13-3-5-15(26)6-4-13)25-24(36-2)21(22(35)19(10-33)38-25)32-9-18(30-31-32)14-7-16(27)20(29)17(28)8-14/h3-9,12,19,21-25,33-35H,10-11H2,1-2H3/t12-,19?,21+,22+,23-,24?,25+/m1/s1. The Labute approximate surface area is 221 Å². The third-order valence-electron chi connectivity index (χ3n) is 6.43. The van der Waals surface area contributed by atoms with Gasteiger partial charge in [0.05, 0.1) is 25.5 Å². The van der Waals surface area contributed by atoms with E-state index in [1.165, 1.54) is 24.9 Å². The average molecular weight is 558 g/mol. The largest absolute Gasteiger partial charge is 0.394 e. The summed E-state index contributed by atoms with van der Waals surface area (Å²) < 4.78 is 59.8. The molecule has 0 aliphatic carbocycles. The van der Waals surface area contributed by atoms with Crippen molar-refractivity contribution in [3.8, 4) is 11.3 Å². The van der Waals surface area contributed by atoms with Crippen LogP contribution in [0.2, 0.25) is 5.02 Å². The third-order valence-corrected chi connectivity index (χ3v) is 6.68. The molecule has 0 bridgehead atoms. The van der Waals surface area contributed by atoms with E-state index in [-0.39, 0.29) is 17.9 Å². The van der Waals surface area contributed by atoms with Crippen LogP contribution in [0.1, 0.15) is 18.5 Å². The summed E-state index contributed by atoms with van der Waals surface area (Å²) >= 11 is 5.94. The van der Waals surface area contributed by atoms with Crippen LogP contribution < -0.4 is 0 Å². The number of ether oxygens (including phenoxy) is 3. The Morgan fingerprint density at radius 1 is 1.16 bits per heavy atom. The molecule has 1 aliphatic heterocycles. The van der Waals surface area contributed by atoms with E-state index in [1.807, 2.05) is 0 Å². The quantitative estimate of drug-likeness (QED) is 0.344. The molecule has 7 atom stereocenters. The minimum Gasteiger partial charge on any atom is -0.394 e. The van der Waals surface area contributed by atoms with Crippen molar-refractivity contribution in [2.45, 2.75) is 56.2 Å². The Bertz CT molecular complexity index is 1210. The normalized spacial score (nSPS) is 25.3. The molecule has 4 rings (SSSR count). The van der Waals surface area contributed by atoms with E-state index in [4.69, 9.17) is 25.8 Å². The van der Waals surface area contributed by atoms with Gasteiger partial charge in [-0.2, -0.15) is 0 Å². The van der Waals surface area contributed by atoms with Crippen molar-refractivity contribution in [2.24, 2.45) is 0 Å². The molecular weight excluding hydrogens is 531 g/mol. The second kappa shape index (κ2) is 12.1. The fourth-order valence-corrected chi connectivity index (χ4v) is 4.63. The summed E-state index contributed by atoms with van der Waals surface area (Å²) in [5, 5.41) is 40.0. The van der Waals surface area contributed by atoms with Gasteiger partial charge in [-0.1, -0.05) is 28.9 Å². The number of methoxy groups -OCH3 is 1. The van der Waals surface area contributed by atoms with Crippen LogP contribution in [0.5, 0.6) is 0 Å². The van der Waals surface area contributed by atoms with Crippen LogP contribution in [0.25, 0.3) is 11.3 Å². The fraction of sp³-hybridized carbons (Fsp3) is 0.440. The van der Waals surface area contributed by atoms with E-state index in [1.54, 1.807) is 24.3 Å². The van der Waals surface area contributed by atoms with Crippen LogP contribution in [0.3, 0.4) is 0 Å². The smallest absolute Gasteiger partial charge is 0.194 e. The number of nitrogens with zero attached hydrogens (tertiary/aromatic N) is 3. The van der Waals surface area contributed by atoms with E-state index >= 15 is 0 Å². The fourth-order valence-electron chi connectivity index (χ4n) is 4.50. The molecule has 2 heterocycles. The van der Waals surface area contributed by atoms with Gasteiger partial charge in [-0.25, -0.2) is 17.9 Å². The summed E-state index contributed by atoms with van der Waals surface area (Å²) in [6.45, 7) is 1.02. The molecule has 1 aliphatic rings. The van der Waals surface area contributed by atoms with Crippen LogP contribution in [-0.4, -0.2) is 80.7 Å². The van der Waals surface area contributed by atoms with E-state index in [0.29, 0.717) is 5.02 Å². The first-order chi connectivity index (χ1) is 18.1. The van der Waals surface area contributed by atoms with Gasteiger partial charge >= 0.3 is 0 Å². The first-order valence-corrected chi connectivity index (χ1v) is 12.1. The Kier molecular flexibility index (Phi) is 9.04. The maximum Gasteiger partial charge on any atom is 0.194 e. The molecule has 0 radical (unpaired) electrons. The molecule has 2 unspecified atom stereocenters. The van der Waals surface area contributed by atoms with Crippen molar-refractivity contribution in [1.29, 1.82) is 0 Å².